The van der Waals surface area contributed by atoms with Crippen molar-refractivity contribution < 1.29 is 4.39 Å². The summed E-state index contributed by atoms with van der Waals surface area (Å²) < 4.78 is 13.1. The summed E-state index contributed by atoms with van der Waals surface area (Å²) >= 11 is 0. The van der Waals surface area contributed by atoms with E-state index in [4.69, 9.17) is 4.98 Å². The molecule has 122 valence electrons. The van der Waals surface area contributed by atoms with Crippen LogP contribution in [0.3, 0.4) is 0 Å². The molecule has 0 aromatic carbocycles. The van der Waals surface area contributed by atoms with Crippen molar-refractivity contribution in [2.24, 2.45) is 0 Å². The molecule has 5 heteroatoms. The molecule has 0 spiro atoms. The summed E-state index contributed by atoms with van der Waals surface area (Å²) in [7, 11) is 0. The summed E-state index contributed by atoms with van der Waals surface area (Å²) in [5, 5.41) is 0. The highest BCUT2D eigenvalue weighted by molar-refractivity contribution is 5.24. The molecule has 0 aliphatic carbocycles. The fourth-order valence-corrected chi connectivity index (χ4v) is 2.84. The van der Waals surface area contributed by atoms with E-state index >= 15 is 0 Å². The Balaban J connectivity index is 1.75. The Bertz CT molecular complexity index is 721. The van der Waals surface area contributed by atoms with Crippen molar-refractivity contribution in [1.29, 1.82) is 0 Å². The molecule has 0 bridgehead atoms. The largest absolute Gasteiger partial charge is 0.294 e. The van der Waals surface area contributed by atoms with Gasteiger partial charge in [0.25, 0.3) is 0 Å². The van der Waals surface area contributed by atoms with Crippen molar-refractivity contribution in [2.45, 2.75) is 52.6 Å². The molecule has 0 atom stereocenters. The molecule has 0 N–H and O–H groups in total. The summed E-state index contributed by atoms with van der Waals surface area (Å²) in [6.45, 7) is 10.8. The zero-order chi connectivity index (χ0) is 16.6. The quantitative estimate of drug-likeness (QED) is 0.799. The van der Waals surface area contributed by atoms with Gasteiger partial charge in [-0.25, -0.2) is 15.0 Å². The molecule has 3 heterocycles. The van der Waals surface area contributed by atoms with Gasteiger partial charge in [0.15, 0.2) is 0 Å². The highest BCUT2D eigenvalue weighted by Crippen LogP contribution is 2.23. The zero-order valence-electron chi connectivity index (χ0n) is 14.2. The molecule has 4 nitrogen and oxygen atoms in total. The van der Waals surface area contributed by atoms with Gasteiger partial charge < -0.3 is 0 Å². The fraction of sp³-hybridized carbons (Fsp3) is 0.500. The van der Waals surface area contributed by atoms with Gasteiger partial charge in [0, 0.05) is 54.6 Å². The number of fused-ring (bicyclic) bond motifs is 1. The first-order valence-corrected chi connectivity index (χ1v) is 8.02. The minimum absolute atomic E-state index is 0.0247. The van der Waals surface area contributed by atoms with Crippen LogP contribution in [0.2, 0.25) is 0 Å². The average molecular weight is 314 g/mol. The van der Waals surface area contributed by atoms with E-state index in [1.165, 1.54) is 11.6 Å². The van der Waals surface area contributed by atoms with E-state index in [0.29, 0.717) is 0 Å². The second kappa shape index (κ2) is 5.96. The molecule has 2 aromatic rings. The Kier molecular flexibility index (Phi) is 4.15. The lowest BCUT2D eigenvalue weighted by Gasteiger charge is -2.29. The molecule has 2 aromatic heterocycles. The first-order valence-electron chi connectivity index (χ1n) is 8.02. The average Bonchev–Trinajstić information content (AvgIpc) is 2.48. The number of hydrogen-bond donors (Lipinski definition) is 0. The van der Waals surface area contributed by atoms with Crippen LogP contribution in [0.15, 0.2) is 18.3 Å². The lowest BCUT2D eigenvalue weighted by Crippen LogP contribution is -2.32. The van der Waals surface area contributed by atoms with E-state index in [9.17, 15) is 4.39 Å². The second-order valence-corrected chi connectivity index (χ2v) is 7.25. The highest BCUT2D eigenvalue weighted by atomic mass is 19.1. The molecule has 0 saturated heterocycles. The van der Waals surface area contributed by atoms with E-state index in [-0.39, 0.29) is 5.41 Å². The van der Waals surface area contributed by atoms with Crippen molar-refractivity contribution >= 4 is 0 Å². The van der Waals surface area contributed by atoms with Gasteiger partial charge in [0.2, 0.25) is 5.95 Å². The standard InChI is InChI=1S/C18H23FN4/c1-12-13(5-6-16(19)21-12)10-23-8-7-15-14(11-23)9-20-17(22-15)18(2,3)4/h5-6,9H,7-8,10-11H2,1-4H3. The highest BCUT2D eigenvalue weighted by Gasteiger charge is 2.23. The predicted octanol–water partition coefficient (Wildman–Crippen LogP) is 3.17. The maximum Gasteiger partial charge on any atom is 0.213 e. The third-order valence-electron chi connectivity index (χ3n) is 4.24. The van der Waals surface area contributed by atoms with Gasteiger partial charge in [-0.2, -0.15) is 4.39 Å². The Morgan fingerprint density at radius 1 is 1.22 bits per heavy atom. The zero-order valence-corrected chi connectivity index (χ0v) is 14.2. The molecule has 1 aliphatic rings. The van der Waals surface area contributed by atoms with Gasteiger partial charge in [0.1, 0.15) is 5.82 Å². The summed E-state index contributed by atoms with van der Waals surface area (Å²) in [6.07, 6.45) is 2.89. The maximum absolute atomic E-state index is 13.1. The van der Waals surface area contributed by atoms with Gasteiger partial charge in [-0.1, -0.05) is 26.8 Å². The second-order valence-electron chi connectivity index (χ2n) is 7.25. The lowest BCUT2D eigenvalue weighted by atomic mass is 9.95. The van der Waals surface area contributed by atoms with Gasteiger partial charge in [0.05, 0.1) is 0 Å². The van der Waals surface area contributed by atoms with Crippen molar-refractivity contribution in [3.8, 4) is 0 Å². The van der Waals surface area contributed by atoms with Crippen LogP contribution in [-0.4, -0.2) is 26.4 Å². The molecule has 23 heavy (non-hydrogen) atoms. The minimum atomic E-state index is -0.418. The Morgan fingerprint density at radius 2 is 2.00 bits per heavy atom. The molecule has 1 aliphatic heterocycles. The number of aromatic nitrogens is 3. The van der Waals surface area contributed by atoms with Crippen molar-refractivity contribution in [3.63, 3.8) is 0 Å². The molecule has 0 amide bonds. The lowest BCUT2D eigenvalue weighted by molar-refractivity contribution is 0.241. The molecule has 0 fully saturated rings. The summed E-state index contributed by atoms with van der Waals surface area (Å²) in [5.41, 5.74) is 4.16. The number of halogens is 1. The van der Waals surface area contributed by atoms with E-state index in [2.05, 4.69) is 35.6 Å². The third-order valence-corrected chi connectivity index (χ3v) is 4.24. The van der Waals surface area contributed by atoms with Crippen LogP contribution >= 0.6 is 0 Å². The van der Waals surface area contributed by atoms with E-state index in [1.807, 2.05) is 19.2 Å². The van der Waals surface area contributed by atoms with Crippen LogP contribution in [0, 0.1) is 12.9 Å². The van der Waals surface area contributed by atoms with Gasteiger partial charge >= 0.3 is 0 Å². The van der Waals surface area contributed by atoms with Gasteiger partial charge in [-0.3, -0.25) is 4.90 Å². The number of aryl methyl sites for hydroxylation is 1. The minimum Gasteiger partial charge on any atom is -0.294 e. The number of nitrogens with zero attached hydrogens (tertiary/aromatic N) is 4. The number of pyridine rings is 1. The fourth-order valence-electron chi connectivity index (χ4n) is 2.84. The molecule has 0 saturated carbocycles. The van der Waals surface area contributed by atoms with Crippen LogP contribution in [-0.2, 0) is 24.9 Å². The Morgan fingerprint density at radius 3 is 2.70 bits per heavy atom. The molecular formula is C18H23FN4. The summed E-state index contributed by atoms with van der Waals surface area (Å²) in [4.78, 5) is 15.5. The maximum atomic E-state index is 13.1. The van der Waals surface area contributed by atoms with Crippen LogP contribution in [0.4, 0.5) is 4.39 Å². The van der Waals surface area contributed by atoms with Gasteiger partial charge in [-0.05, 0) is 18.6 Å². The summed E-state index contributed by atoms with van der Waals surface area (Å²) in [6, 6.07) is 3.26. The van der Waals surface area contributed by atoms with Crippen molar-refractivity contribution in [2.75, 3.05) is 6.54 Å². The molecule has 0 unspecified atom stereocenters. The van der Waals surface area contributed by atoms with Crippen LogP contribution < -0.4 is 0 Å². The molecule has 0 radical (unpaired) electrons. The van der Waals surface area contributed by atoms with Crippen LogP contribution in [0.1, 0.15) is 49.1 Å². The SMILES string of the molecule is Cc1nc(F)ccc1CN1CCc2nc(C(C)(C)C)ncc2C1. The van der Waals surface area contributed by atoms with E-state index in [0.717, 1.165) is 48.8 Å². The predicted molar refractivity (Wildman–Crippen MR) is 87.5 cm³/mol. The van der Waals surface area contributed by atoms with E-state index in [1.54, 1.807) is 0 Å². The Hall–Kier alpha value is -1.88. The van der Waals surface area contributed by atoms with Crippen LogP contribution in [0.5, 0.6) is 0 Å². The van der Waals surface area contributed by atoms with Gasteiger partial charge in [-0.15, -0.1) is 0 Å². The smallest absolute Gasteiger partial charge is 0.213 e. The third kappa shape index (κ3) is 3.55. The Labute approximate surface area is 136 Å². The van der Waals surface area contributed by atoms with Crippen molar-refractivity contribution in [3.05, 3.63) is 52.6 Å². The normalized spacial score (nSPS) is 15.5. The summed E-state index contributed by atoms with van der Waals surface area (Å²) in [5.74, 6) is 0.488. The molecule has 3 rings (SSSR count). The number of rotatable bonds is 2. The number of hydrogen-bond acceptors (Lipinski definition) is 4. The topological polar surface area (TPSA) is 41.9 Å². The first kappa shape index (κ1) is 16.0. The van der Waals surface area contributed by atoms with E-state index < -0.39 is 5.95 Å². The van der Waals surface area contributed by atoms with Crippen LogP contribution in [0.25, 0.3) is 0 Å². The molecular weight excluding hydrogens is 291 g/mol. The first-order chi connectivity index (χ1) is 10.8. The van der Waals surface area contributed by atoms with Crippen molar-refractivity contribution in [1.82, 2.24) is 19.9 Å². The monoisotopic (exact) mass is 314 g/mol.